The zero-order valence-electron chi connectivity index (χ0n) is 16.6. The molecule has 1 aromatic carbocycles. The lowest BCUT2D eigenvalue weighted by atomic mass is 9.94. The third-order valence-corrected chi connectivity index (χ3v) is 7.04. The predicted octanol–water partition coefficient (Wildman–Crippen LogP) is 4.58. The molecule has 0 unspecified atom stereocenters. The molecule has 0 atom stereocenters. The molecule has 0 radical (unpaired) electrons. The first-order valence-electron chi connectivity index (χ1n) is 9.57. The van der Waals surface area contributed by atoms with Crippen molar-refractivity contribution in [3.8, 4) is 0 Å². The fourth-order valence-electron chi connectivity index (χ4n) is 4.11. The molecule has 146 valence electrons. The lowest BCUT2D eigenvalue weighted by Gasteiger charge is -2.32. The van der Waals surface area contributed by atoms with Crippen LogP contribution in [0, 0.1) is 20.8 Å². The first-order chi connectivity index (χ1) is 12.8. The number of hydrogen-bond acceptors (Lipinski definition) is 4. The molecule has 5 nitrogen and oxygen atoms in total. The molecule has 1 aliphatic rings. The van der Waals surface area contributed by atoms with Crippen LogP contribution in [0.2, 0.25) is 0 Å². The summed E-state index contributed by atoms with van der Waals surface area (Å²) >= 11 is 0. The number of anilines is 2. The van der Waals surface area contributed by atoms with Gasteiger partial charge in [-0.1, -0.05) is 37.0 Å². The summed E-state index contributed by atoms with van der Waals surface area (Å²) in [5.74, 6) is 0.882. The molecule has 0 spiro atoms. The van der Waals surface area contributed by atoms with Gasteiger partial charge in [-0.2, -0.15) is 0 Å². The SMILES string of the molecule is Cc1cc(C)c(S(=O)(=O)Nc2ccc(N(C)C3CCCCC3)nc2)c(C)c1. The smallest absolute Gasteiger partial charge is 0.262 e. The number of aryl methyl sites for hydroxylation is 3. The summed E-state index contributed by atoms with van der Waals surface area (Å²) < 4.78 is 28.4. The summed E-state index contributed by atoms with van der Waals surface area (Å²) in [4.78, 5) is 7.05. The van der Waals surface area contributed by atoms with Gasteiger partial charge in [0.25, 0.3) is 10.0 Å². The van der Waals surface area contributed by atoms with Crippen LogP contribution in [0.1, 0.15) is 48.8 Å². The number of sulfonamides is 1. The number of hydrogen-bond donors (Lipinski definition) is 1. The molecule has 1 aromatic heterocycles. The molecular weight excluding hydrogens is 358 g/mol. The number of aromatic nitrogens is 1. The van der Waals surface area contributed by atoms with Crippen LogP contribution in [0.15, 0.2) is 35.4 Å². The van der Waals surface area contributed by atoms with Crippen LogP contribution < -0.4 is 9.62 Å². The van der Waals surface area contributed by atoms with Crippen molar-refractivity contribution >= 4 is 21.5 Å². The minimum atomic E-state index is -3.65. The second-order valence-corrected chi connectivity index (χ2v) is 9.26. The zero-order valence-corrected chi connectivity index (χ0v) is 17.4. The van der Waals surface area contributed by atoms with Crippen molar-refractivity contribution in [1.29, 1.82) is 0 Å². The standard InChI is InChI=1S/C21H29N3O2S/c1-15-12-16(2)21(17(3)13-15)27(25,26)23-18-10-11-20(22-14-18)24(4)19-8-6-5-7-9-19/h10-14,19,23H,5-9H2,1-4H3. The van der Waals surface area contributed by atoms with Gasteiger partial charge < -0.3 is 4.90 Å². The van der Waals surface area contributed by atoms with Gasteiger partial charge in [-0.3, -0.25) is 4.72 Å². The molecule has 6 heteroatoms. The molecule has 1 N–H and O–H groups in total. The van der Waals surface area contributed by atoms with E-state index in [4.69, 9.17) is 0 Å². The Morgan fingerprint density at radius 2 is 1.67 bits per heavy atom. The lowest BCUT2D eigenvalue weighted by Crippen LogP contribution is -2.33. The van der Waals surface area contributed by atoms with Crippen LogP contribution in [0.5, 0.6) is 0 Å². The molecule has 0 saturated heterocycles. The highest BCUT2D eigenvalue weighted by Gasteiger charge is 2.21. The van der Waals surface area contributed by atoms with Gasteiger partial charge in [-0.25, -0.2) is 13.4 Å². The average Bonchev–Trinajstić information content (AvgIpc) is 2.61. The molecule has 0 amide bonds. The Balaban J connectivity index is 1.78. The normalized spacial score (nSPS) is 15.6. The summed E-state index contributed by atoms with van der Waals surface area (Å²) in [6.45, 7) is 5.62. The van der Waals surface area contributed by atoms with Crippen LogP contribution in [0.3, 0.4) is 0 Å². The maximum atomic E-state index is 12.9. The monoisotopic (exact) mass is 387 g/mol. The van der Waals surface area contributed by atoms with E-state index >= 15 is 0 Å². The van der Waals surface area contributed by atoms with E-state index in [9.17, 15) is 8.42 Å². The third kappa shape index (κ3) is 4.43. The number of pyridine rings is 1. The number of nitrogens with one attached hydrogen (secondary N) is 1. The molecule has 1 fully saturated rings. The Morgan fingerprint density at radius 3 is 2.22 bits per heavy atom. The highest BCUT2D eigenvalue weighted by atomic mass is 32.2. The van der Waals surface area contributed by atoms with Crippen molar-refractivity contribution in [1.82, 2.24) is 4.98 Å². The van der Waals surface area contributed by atoms with E-state index in [-0.39, 0.29) is 0 Å². The summed E-state index contributed by atoms with van der Waals surface area (Å²) in [6, 6.07) is 7.98. The molecule has 3 rings (SSSR count). The van der Waals surface area contributed by atoms with Gasteiger partial charge in [-0.05, 0) is 56.9 Å². The van der Waals surface area contributed by atoms with Crippen molar-refractivity contribution in [2.45, 2.75) is 63.8 Å². The fourth-order valence-corrected chi connectivity index (χ4v) is 5.61. The molecule has 1 saturated carbocycles. The minimum Gasteiger partial charge on any atom is -0.357 e. The van der Waals surface area contributed by atoms with Crippen molar-refractivity contribution < 1.29 is 8.42 Å². The molecule has 1 aliphatic carbocycles. The Labute approximate surface area is 162 Å². The first-order valence-corrected chi connectivity index (χ1v) is 11.1. The Kier molecular flexibility index (Phi) is 5.75. The Bertz CT molecular complexity index is 879. The number of rotatable bonds is 5. The molecule has 2 aromatic rings. The van der Waals surface area contributed by atoms with Gasteiger partial charge >= 0.3 is 0 Å². The van der Waals surface area contributed by atoms with Gasteiger partial charge in [0, 0.05) is 13.1 Å². The zero-order chi connectivity index (χ0) is 19.6. The van der Waals surface area contributed by atoms with Crippen LogP contribution in [-0.4, -0.2) is 26.5 Å². The molecule has 1 heterocycles. The quantitative estimate of drug-likeness (QED) is 0.816. The van der Waals surface area contributed by atoms with E-state index in [2.05, 4.69) is 21.7 Å². The maximum Gasteiger partial charge on any atom is 0.262 e. The summed E-state index contributed by atoms with van der Waals surface area (Å²) in [7, 11) is -1.58. The minimum absolute atomic E-state index is 0.344. The van der Waals surface area contributed by atoms with Crippen molar-refractivity contribution in [2.24, 2.45) is 0 Å². The van der Waals surface area contributed by atoms with Crippen LogP contribution in [-0.2, 0) is 10.0 Å². The van der Waals surface area contributed by atoms with Crippen molar-refractivity contribution in [3.63, 3.8) is 0 Å². The van der Waals surface area contributed by atoms with Crippen LogP contribution >= 0.6 is 0 Å². The third-order valence-electron chi connectivity index (χ3n) is 5.36. The largest absolute Gasteiger partial charge is 0.357 e. The number of nitrogens with zero attached hydrogens (tertiary/aromatic N) is 2. The van der Waals surface area contributed by atoms with Crippen molar-refractivity contribution in [2.75, 3.05) is 16.7 Å². The van der Waals surface area contributed by atoms with Gasteiger partial charge in [0.1, 0.15) is 5.82 Å². The van der Waals surface area contributed by atoms with Gasteiger partial charge in [0.05, 0.1) is 16.8 Å². The van der Waals surface area contributed by atoms with Gasteiger partial charge in [-0.15, -0.1) is 0 Å². The number of benzene rings is 1. The second kappa shape index (κ2) is 7.89. The topological polar surface area (TPSA) is 62.3 Å². The Hall–Kier alpha value is -2.08. The van der Waals surface area contributed by atoms with E-state index < -0.39 is 10.0 Å². The lowest BCUT2D eigenvalue weighted by molar-refractivity contribution is 0.426. The highest BCUT2D eigenvalue weighted by Crippen LogP contribution is 2.27. The Morgan fingerprint density at radius 1 is 1.04 bits per heavy atom. The highest BCUT2D eigenvalue weighted by molar-refractivity contribution is 7.92. The summed E-state index contributed by atoms with van der Waals surface area (Å²) in [5, 5.41) is 0. The second-order valence-electron chi connectivity index (χ2n) is 7.64. The molecule has 27 heavy (non-hydrogen) atoms. The predicted molar refractivity (Wildman–Crippen MR) is 111 cm³/mol. The van der Waals surface area contributed by atoms with Gasteiger partial charge in [0.15, 0.2) is 0 Å². The van der Waals surface area contributed by atoms with Crippen LogP contribution in [0.25, 0.3) is 0 Å². The van der Waals surface area contributed by atoms with Gasteiger partial charge in [0.2, 0.25) is 0 Å². The first kappa shape index (κ1) is 19.7. The van der Waals surface area contributed by atoms with Crippen molar-refractivity contribution in [3.05, 3.63) is 47.2 Å². The molecular formula is C21H29N3O2S. The fraction of sp³-hybridized carbons (Fsp3) is 0.476. The summed E-state index contributed by atoms with van der Waals surface area (Å²) in [5.41, 5.74) is 3.04. The molecule has 0 aliphatic heterocycles. The molecule has 0 bridgehead atoms. The van der Waals surface area contributed by atoms with E-state index in [0.29, 0.717) is 16.6 Å². The van der Waals surface area contributed by atoms with Crippen LogP contribution in [0.4, 0.5) is 11.5 Å². The van der Waals surface area contributed by atoms with E-state index in [0.717, 1.165) is 22.5 Å². The maximum absolute atomic E-state index is 12.9. The van der Waals surface area contributed by atoms with E-state index in [1.165, 1.54) is 32.1 Å². The van der Waals surface area contributed by atoms with E-state index in [1.807, 2.05) is 39.0 Å². The summed E-state index contributed by atoms with van der Waals surface area (Å²) in [6.07, 6.45) is 7.84. The van der Waals surface area contributed by atoms with E-state index in [1.54, 1.807) is 12.3 Å². The average molecular weight is 388 g/mol.